The van der Waals surface area contributed by atoms with Gasteiger partial charge in [-0.1, -0.05) is 15.9 Å². The number of carbonyl (C=O) groups excluding carboxylic acids is 1. The predicted octanol–water partition coefficient (Wildman–Crippen LogP) is 4.13. The number of carbonyl (C=O) groups is 1. The van der Waals surface area contributed by atoms with Crippen molar-refractivity contribution in [1.29, 1.82) is 0 Å². The highest BCUT2D eigenvalue weighted by Crippen LogP contribution is 2.28. The summed E-state index contributed by atoms with van der Waals surface area (Å²) in [6.45, 7) is 7.11. The number of nitrogens with zero attached hydrogens (tertiary/aromatic N) is 2. The first kappa shape index (κ1) is 19.7. The quantitative estimate of drug-likeness (QED) is 0.574. The van der Waals surface area contributed by atoms with Crippen LogP contribution in [0.2, 0.25) is 0 Å². The zero-order valence-corrected chi connectivity index (χ0v) is 17.7. The molecule has 0 unspecified atom stereocenters. The molecule has 1 amide bonds. The number of amides is 1. The molecule has 8 heteroatoms. The molecule has 142 valence electrons. The minimum absolute atomic E-state index is 0.146. The van der Waals surface area contributed by atoms with Crippen molar-refractivity contribution in [2.45, 2.75) is 27.3 Å². The molecule has 0 radical (unpaired) electrons. The average molecular weight is 450 g/mol. The van der Waals surface area contributed by atoms with Gasteiger partial charge in [-0.15, -0.1) is 11.3 Å². The summed E-state index contributed by atoms with van der Waals surface area (Å²) in [6, 6.07) is 5.66. The minimum Gasteiger partial charge on any atom is -0.380 e. The van der Waals surface area contributed by atoms with Gasteiger partial charge in [0.05, 0.1) is 29.7 Å². The molecule has 3 rings (SSSR count). The first-order valence-corrected chi connectivity index (χ1v) is 10.2. The number of anilines is 1. The number of ether oxygens (including phenoxy) is 1. The van der Waals surface area contributed by atoms with Crippen LogP contribution < -0.4 is 10.9 Å². The summed E-state index contributed by atoms with van der Waals surface area (Å²) in [5.41, 5.74) is 2.20. The van der Waals surface area contributed by atoms with E-state index in [1.54, 1.807) is 6.92 Å². The zero-order valence-electron chi connectivity index (χ0n) is 15.3. The van der Waals surface area contributed by atoms with Crippen molar-refractivity contribution in [3.8, 4) is 0 Å². The highest BCUT2D eigenvalue weighted by Gasteiger charge is 2.20. The molecule has 0 aliphatic rings. The number of hydrogen-bond donors (Lipinski definition) is 1. The lowest BCUT2D eigenvalue weighted by atomic mass is 10.2. The van der Waals surface area contributed by atoms with E-state index >= 15 is 0 Å². The number of thiophene rings is 1. The molecule has 2 aromatic heterocycles. The lowest BCUT2D eigenvalue weighted by Crippen LogP contribution is -2.23. The van der Waals surface area contributed by atoms with Crippen molar-refractivity contribution in [1.82, 2.24) is 9.55 Å². The van der Waals surface area contributed by atoms with Crippen LogP contribution in [0.1, 0.15) is 27.7 Å². The van der Waals surface area contributed by atoms with Crippen LogP contribution in [-0.4, -0.2) is 28.7 Å². The zero-order chi connectivity index (χ0) is 19.6. The van der Waals surface area contributed by atoms with Gasteiger partial charge in [-0.3, -0.25) is 14.2 Å². The van der Waals surface area contributed by atoms with Crippen LogP contribution in [0.5, 0.6) is 0 Å². The molecule has 1 N–H and O–H groups in total. The van der Waals surface area contributed by atoms with Gasteiger partial charge in [0, 0.05) is 16.8 Å². The van der Waals surface area contributed by atoms with E-state index in [0.29, 0.717) is 40.4 Å². The molecule has 0 saturated heterocycles. The maximum absolute atomic E-state index is 12.8. The third kappa shape index (κ3) is 4.12. The van der Waals surface area contributed by atoms with Crippen molar-refractivity contribution < 1.29 is 9.53 Å². The van der Waals surface area contributed by atoms with Gasteiger partial charge >= 0.3 is 0 Å². The van der Waals surface area contributed by atoms with Crippen molar-refractivity contribution >= 4 is 49.1 Å². The Morgan fingerprint density at radius 3 is 2.85 bits per heavy atom. The van der Waals surface area contributed by atoms with Gasteiger partial charge in [0.25, 0.3) is 11.5 Å². The Morgan fingerprint density at radius 1 is 1.37 bits per heavy atom. The second kappa shape index (κ2) is 8.33. The topological polar surface area (TPSA) is 73.2 Å². The molecule has 0 saturated carbocycles. The Kier molecular flexibility index (Phi) is 6.08. The number of rotatable bonds is 6. The van der Waals surface area contributed by atoms with E-state index in [1.165, 1.54) is 22.2 Å². The van der Waals surface area contributed by atoms with Gasteiger partial charge in [-0.05, 0) is 50.1 Å². The van der Waals surface area contributed by atoms with Gasteiger partial charge in [-0.25, -0.2) is 4.98 Å². The number of aromatic nitrogens is 2. The number of hydrogen-bond acceptors (Lipinski definition) is 5. The largest absolute Gasteiger partial charge is 0.380 e. The van der Waals surface area contributed by atoms with Crippen LogP contribution in [-0.2, 0) is 11.3 Å². The fourth-order valence-corrected chi connectivity index (χ4v) is 4.30. The summed E-state index contributed by atoms with van der Waals surface area (Å²) in [5.74, 6) is -0.235. The molecular formula is C19H20BrN3O3S. The van der Waals surface area contributed by atoms with Crippen LogP contribution >= 0.6 is 27.3 Å². The molecule has 0 aliphatic carbocycles. The van der Waals surface area contributed by atoms with Crippen LogP contribution in [0.15, 0.2) is 33.8 Å². The standard InChI is InChI=1S/C19H20BrN3O3S/c1-4-26-8-7-23-10-21-18-15(19(23)25)12(3)16(27-18)17(24)22-14-6-5-13(20)9-11(14)2/h5-6,9-10H,4,7-8H2,1-3H3,(H,22,24). The van der Waals surface area contributed by atoms with Gasteiger partial charge in [0.2, 0.25) is 0 Å². The molecule has 27 heavy (non-hydrogen) atoms. The molecule has 6 nitrogen and oxygen atoms in total. The number of fused-ring (bicyclic) bond motifs is 1. The lowest BCUT2D eigenvalue weighted by molar-refractivity contribution is 0.103. The van der Waals surface area contributed by atoms with Crippen molar-refractivity contribution in [2.24, 2.45) is 0 Å². The smallest absolute Gasteiger partial charge is 0.266 e. The molecule has 3 aromatic rings. The summed E-state index contributed by atoms with van der Waals surface area (Å²) < 4.78 is 7.79. The summed E-state index contributed by atoms with van der Waals surface area (Å²) in [5, 5.41) is 3.42. The van der Waals surface area contributed by atoms with Crippen LogP contribution in [0.25, 0.3) is 10.2 Å². The number of benzene rings is 1. The lowest BCUT2D eigenvalue weighted by Gasteiger charge is -2.08. The van der Waals surface area contributed by atoms with E-state index in [9.17, 15) is 9.59 Å². The summed E-state index contributed by atoms with van der Waals surface area (Å²) in [4.78, 5) is 31.0. The maximum atomic E-state index is 12.8. The van der Waals surface area contributed by atoms with Crippen molar-refractivity contribution in [3.05, 3.63) is 55.4 Å². The van der Waals surface area contributed by atoms with Crippen LogP contribution in [0, 0.1) is 13.8 Å². The molecule has 0 fully saturated rings. The Morgan fingerprint density at radius 2 is 2.15 bits per heavy atom. The van der Waals surface area contributed by atoms with E-state index in [1.807, 2.05) is 32.0 Å². The van der Waals surface area contributed by atoms with E-state index in [4.69, 9.17) is 4.74 Å². The van der Waals surface area contributed by atoms with Gasteiger partial charge in [0.1, 0.15) is 4.83 Å². The summed E-state index contributed by atoms with van der Waals surface area (Å²) in [6.07, 6.45) is 1.51. The van der Waals surface area contributed by atoms with E-state index in [2.05, 4.69) is 26.2 Å². The second-order valence-corrected chi connectivity index (χ2v) is 8.00. The molecule has 1 aromatic carbocycles. The minimum atomic E-state index is -0.235. The first-order chi connectivity index (χ1) is 12.9. The number of aryl methyl sites for hydroxylation is 2. The van der Waals surface area contributed by atoms with Gasteiger partial charge in [-0.2, -0.15) is 0 Å². The maximum Gasteiger partial charge on any atom is 0.266 e. The van der Waals surface area contributed by atoms with E-state index in [0.717, 1.165) is 15.7 Å². The monoisotopic (exact) mass is 449 g/mol. The first-order valence-electron chi connectivity index (χ1n) is 8.56. The SMILES string of the molecule is CCOCCn1cnc2sc(C(=O)Nc3ccc(Br)cc3C)c(C)c2c1=O. The third-order valence-electron chi connectivity index (χ3n) is 4.24. The predicted molar refractivity (Wildman–Crippen MR) is 112 cm³/mol. The van der Waals surface area contributed by atoms with Crippen LogP contribution in [0.4, 0.5) is 5.69 Å². The number of nitrogens with one attached hydrogen (secondary N) is 1. The highest BCUT2D eigenvalue weighted by atomic mass is 79.9. The normalized spacial score (nSPS) is 11.1. The van der Waals surface area contributed by atoms with E-state index in [-0.39, 0.29) is 11.5 Å². The molecule has 0 atom stereocenters. The molecular weight excluding hydrogens is 430 g/mol. The number of halogens is 1. The van der Waals surface area contributed by atoms with Crippen LogP contribution in [0.3, 0.4) is 0 Å². The van der Waals surface area contributed by atoms with E-state index < -0.39 is 0 Å². The molecule has 0 spiro atoms. The van der Waals surface area contributed by atoms with Gasteiger partial charge < -0.3 is 10.1 Å². The fourth-order valence-electron chi connectivity index (χ4n) is 2.79. The van der Waals surface area contributed by atoms with Gasteiger partial charge in [0.15, 0.2) is 0 Å². The summed E-state index contributed by atoms with van der Waals surface area (Å²) >= 11 is 4.65. The molecule has 2 heterocycles. The molecule has 0 aliphatic heterocycles. The highest BCUT2D eigenvalue weighted by molar-refractivity contribution is 9.10. The summed E-state index contributed by atoms with van der Waals surface area (Å²) in [7, 11) is 0. The Hall–Kier alpha value is -2.03. The second-order valence-electron chi connectivity index (χ2n) is 6.09. The average Bonchev–Trinajstić information content (AvgIpc) is 2.97. The Bertz CT molecular complexity index is 1060. The van der Waals surface area contributed by atoms with Crippen molar-refractivity contribution in [3.63, 3.8) is 0 Å². The Balaban J connectivity index is 1.93. The van der Waals surface area contributed by atoms with Crippen molar-refractivity contribution in [2.75, 3.05) is 18.5 Å². The molecule has 0 bridgehead atoms. The third-order valence-corrected chi connectivity index (χ3v) is 5.93. The fraction of sp³-hybridized carbons (Fsp3) is 0.316. The Labute approximate surface area is 169 Å².